The van der Waals surface area contributed by atoms with E-state index in [4.69, 9.17) is 9.84 Å². The molecule has 2 aromatic rings. The Morgan fingerprint density at radius 2 is 2.18 bits per heavy atom. The molecule has 0 aliphatic carbocycles. The first-order chi connectivity index (χ1) is 8.11. The standard InChI is InChI=1S/C12H9FO3S/c1-16-8-2-3-10(13)9(5-8)11-4-7(6-17-11)12(14)15/h2-6H,1H3,(H,14,15). The van der Waals surface area contributed by atoms with Gasteiger partial charge in [0.25, 0.3) is 0 Å². The van der Waals surface area contributed by atoms with Crippen LogP contribution in [-0.4, -0.2) is 18.2 Å². The Kier molecular flexibility index (Phi) is 3.10. The van der Waals surface area contributed by atoms with E-state index in [2.05, 4.69) is 0 Å². The number of thiophene rings is 1. The zero-order valence-corrected chi connectivity index (χ0v) is 9.75. The quantitative estimate of drug-likeness (QED) is 0.912. The van der Waals surface area contributed by atoms with Crippen molar-refractivity contribution in [3.8, 4) is 16.2 Å². The molecule has 0 aliphatic rings. The molecular formula is C12H9FO3S. The van der Waals surface area contributed by atoms with Gasteiger partial charge in [0.2, 0.25) is 0 Å². The summed E-state index contributed by atoms with van der Waals surface area (Å²) in [6.07, 6.45) is 0. The zero-order chi connectivity index (χ0) is 12.4. The highest BCUT2D eigenvalue weighted by Crippen LogP contribution is 2.31. The molecule has 0 saturated carbocycles. The average molecular weight is 252 g/mol. The smallest absolute Gasteiger partial charge is 0.336 e. The van der Waals surface area contributed by atoms with Crippen molar-refractivity contribution in [2.75, 3.05) is 7.11 Å². The fourth-order valence-electron chi connectivity index (χ4n) is 1.41. The van der Waals surface area contributed by atoms with E-state index in [1.807, 2.05) is 0 Å². The van der Waals surface area contributed by atoms with Crippen molar-refractivity contribution in [3.63, 3.8) is 0 Å². The maximum atomic E-state index is 13.6. The lowest BCUT2D eigenvalue weighted by Crippen LogP contribution is -1.92. The van der Waals surface area contributed by atoms with Crippen LogP contribution in [0.2, 0.25) is 0 Å². The number of hydrogen-bond donors (Lipinski definition) is 1. The van der Waals surface area contributed by atoms with Crippen LogP contribution in [0.3, 0.4) is 0 Å². The average Bonchev–Trinajstić information content (AvgIpc) is 2.79. The van der Waals surface area contributed by atoms with E-state index in [9.17, 15) is 9.18 Å². The number of halogens is 1. The van der Waals surface area contributed by atoms with Crippen molar-refractivity contribution >= 4 is 17.3 Å². The number of aromatic carboxylic acids is 1. The highest BCUT2D eigenvalue weighted by molar-refractivity contribution is 7.13. The third-order valence-corrected chi connectivity index (χ3v) is 3.25. The summed E-state index contributed by atoms with van der Waals surface area (Å²) in [6.45, 7) is 0. The van der Waals surface area contributed by atoms with Crippen molar-refractivity contribution in [2.24, 2.45) is 0 Å². The first-order valence-electron chi connectivity index (χ1n) is 4.77. The maximum absolute atomic E-state index is 13.6. The monoisotopic (exact) mass is 252 g/mol. The van der Waals surface area contributed by atoms with Gasteiger partial charge in [0.1, 0.15) is 11.6 Å². The molecule has 0 bridgehead atoms. The fourth-order valence-corrected chi connectivity index (χ4v) is 2.31. The normalized spacial score (nSPS) is 10.2. The second kappa shape index (κ2) is 4.55. The van der Waals surface area contributed by atoms with Crippen molar-refractivity contribution in [3.05, 3.63) is 41.0 Å². The lowest BCUT2D eigenvalue weighted by atomic mass is 10.1. The molecule has 2 rings (SSSR count). The SMILES string of the molecule is COc1ccc(F)c(-c2cc(C(=O)O)cs2)c1. The highest BCUT2D eigenvalue weighted by atomic mass is 32.1. The molecule has 0 radical (unpaired) electrons. The number of rotatable bonds is 3. The molecule has 0 atom stereocenters. The van der Waals surface area contributed by atoms with Crippen molar-refractivity contribution in [1.82, 2.24) is 0 Å². The predicted octanol–water partition coefficient (Wildman–Crippen LogP) is 3.26. The summed E-state index contributed by atoms with van der Waals surface area (Å²) < 4.78 is 18.6. The maximum Gasteiger partial charge on any atom is 0.336 e. The minimum atomic E-state index is -1.02. The van der Waals surface area contributed by atoms with Crippen LogP contribution in [0.15, 0.2) is 29.6 Å². The van der Waals surface area contributed by atoms with Crippen LogP contribution in [0.25, 0.3) is 10.4 Å². The van der Waals surface area contributed by atoms with E-state index in [0.717, 1.165) is 0 Å². The van der Waals surface area contributed by atoms with Crippen LogP contribution in [0.1, 0.15) is 10.4 Å². The fraction of sp³-hybridized carbons (Fsp3) is 0.0833. The van der Waals surface area contributed by atoms with Gasteiger partial charge in [-0.2, -0.15) is 0 Å². The molecule has 3 nitrogen and oxygen atoms in total. The third kappa shape index (κ3) is 2.29. The van der Waals surface area contributed by atoms with Crippen LogP contribution in [0, 0.1) is 5.82 Å². The van der Waals surface area contributed by atoms with E-state index in [0.29, 0.717) is 16.2 Å². The van der Waals surface area contributed by atoms with E-state index in [1.165, 1.54) is 42.0 Å². The van der Waals surface area contributed by atoms with Gasteiger partial charge in [0, 0.05) is 15.8 Å². The van der Waals surface area contributed by atoms with Gasteiger partial charge in [-0.25, -0.2) is 9.18 Å². The van der Waals surface area contributed by atoms with Gasteiger partial charge in [0.15, 0.2) is 0 Å². The Bertz CT molecular complexity index is 563. The van der Waals surface area contributed by atoms with Crippen LogP contribution in [-0.2, 0) is 0 Å². The molecular weight excluding hydrogens is 243 g/mol. The first-order valence-corrected chi connectivity index (χ1v) is 5.65. The van der Waals surface area contributed by atoms with Gasteiger partial charge in [-0.05, 0) is 24.3 Å². The van der Waals surface area contributed by atoms with E-state index in [1.54, 1.807) is 6.07 Å². The Morgan fingerprint density at radius 3 is 2.76 bits per heavy atom. The number of carbonyl (C=O) groups is 1. The molecule has 0 aliphatic heterocycles. The predicted molar refractivity (Wildman–Crippen MR) is 63.2 cm³/mol. The number of benzene rings is 1. The lowest BCUT2D eigenvalue weighted by molar-refractivity contribution is 0.0697. The molecule has 0 spiro atoms. The van der Waals surface area contributed by atoms with E-state index >= 15 is 0 Å². The molecule has 1 aromatic carbocycles. The number of ether oxygens (including phenoxy) is 1. The summed E-state index contributed by atoms with van der Waals surface area (Å²) in [5, 5.41) is 10.3. The summed E-state index contributed by atoms with van der Waals surface area (Å²) in [5.41, 5.74) is 0.508. The van der Waals surface area contributed by atoms with Crippen LogP contribution < -0.4 is 4.74 Å². The van der Waals surface area contributed by atoms with E-state index in [-0.39, 0.29) is 5.56 Å². The van der Waals surface area contributed by atoms with Crippen LogP contribution in [0.5, 0.6) is 5.75 Å². The Labute approximate surface area is 101 Å². The summed E-state index contributed by atoms with van der Waals surface area (Å²) >= 11 is 1.19. The second-order valence-electron chi connectivity index (χ2n) is 3.35. The summed E-state index contributed by atoms with van der Waals surface area (Å²) in [5.74, 6) is -0.882. The summed E-state index contributed by atoms with van der Waals surface area (Å²) in [6, 6.07) is 5.82. The lowest BCUT2D eigenvalue weighted by Gasteiger charge is -2.03. The van der Waals surface area contributed by atoms with Crippen molar-refractivity contribution in [2.45, 2.75) is 0 Å². The zero-order valence-electron chi connectivity index (χ0n) is 8.94. The van der Waals surface area contributed by atoms with Gasteiger partial charge >= 0.3 is 5.97 Å². The minimum Gasteiger partial charge on any atom is -0.497 e. The molecule has 0 saturated heterocycles. The number of hydrogen-bond acceptors (Lipinski definition) is 3. The molecule has 1 N–H and O–H groups in total. The first kappa shape index (κ1) is 11.6. The van der Waals surface area contributed by atoms with Gasteiger partial charge < -0.3 is 9.84 Å². The Hall–Kier alpha value is -1.88. The molecule has 5 heteroatoms. The summed E-state index contributed by atoms with van der Waals surface area (Å²) in [7, 11) is 1.49. The molecule has 0 amide bonds. The van der Waals surface area contributed by atoms with E-state index < -0.39 is 11.8 Å². The Morgan fingerprint density at radius 1 is 1.41 bits per heavy atom. The molecule has 88 valence electrons. The number of carboxylic acids is 1. The molecule has 0 unspecified atom stereocenters. The topological polar surface area (TPSA) is 46.5 Å². The molecule has 1 heterocycles. The Balaban J connectivity index is 2.47. The van der Waals surface area contributed by atoms with Crippen molar-refractivity contribution < 1.29 is 19.0 Å². The molecule has 0 fully saturated rings. The van der Waals surface area contributed by atoms with Crippen molar-refractivity contribution in [1.29, 1.82) is 0 Å². The van der Waals surface area contributed by atoms with Gasteiger partial charge in [-0.3, -0.25) is 0 Å². The summed E-state index contributed by atoms with van der Waals surface area (Å²) in [4.78, 5) is 11.3. The van der Waals surface area contributed by atoms with Crippen LogP contribution in [0.4, 0.5) is 4.39 Å². The molecule has 1 aromatic heterocycles. The molecule has 17 heavy (non-hydrogen) atoms. The van der Waals surface area contributed by atoms with Gasteiger partial charge in [-0.1, -0.05) is 0 Å². The van der Waals surface area contributed by atoms with Gasteiger partial charge in [0.05, 0.1) is 12.7 Å². The minimum absolute atomic E-state index is 0.159. The van der Waals surface area contributed by atoms with Gasteiger partial charge in [-0.15, -0.1) is 11.3 Å². The second-order valence-corrected chi connectivity index (χ2v) is 4.26. The van der Waals surface area contributed by atoms with Crippen LogP contribution >= 0.6 is 11.3 Å². The number of carboxylic acid groups (broad SMARTS) is 1. The number of methoxy groups -OCH3 is 1. The third-order valence-electron chi connectivity index (χ3n) is 2.29. The largest absolute Gasteiger partial charge is 0.497 e. The highest BCUT2D eigenvalue weighted by Gasteiger charge is 2.12.